The highest BCUT2D eigenvalue weighted by atomic mass is 16.6. The van der Waals surface area contributed by atoms with Crippen LogP contribution >= 0.6 is 0 Å². The number of carbonyl (C=O) groups excluding carboxylic acids is 1. The van der Waals surface area contributed by atoms with Crippen molar-refractivity contribution in [3.63, 3.8) is 0 Å². The molecule has 1 aromatic carbocycles. The van der Waals surface area contributed by atoms with Crippen LogP contribution in [-0.4, -0.2) is 30.5 Å². The first-order chi connectivity index (χ1) is 9.60. The number of hydrogen-bond acceptors (Lipinski definition) is 5. The van der Waals surface area contributed by atoms with Gasteiger partial charge in [-0.3, -0.25) is 14.9 Å². The SMILES string of the molecule is COc1ccc([N+](=O)[O-])cc1NC(=O)CCNC1CC1. The summed E-state index contributed by atoms with van der Waals surface area (Å²) < 4.78 is 5.08. The zero-order chi connectivity index (χ0) is 14.5. The van der Waals surface area contributed by atoms with Crippen molar-refractivity contribution in [2.24, 2.45) is 0 Å². The molecule has 0 heterocycles. The summed E-state index contributed by atoms with van der Waals surface area (Å²) in [7, 11) is 1.45. The number of ether oxygens (including phenoxy) is 1. The van der Waals surface area contributed by atoms with Crippen LogP contribution in [0.25, 0.3) is 0 Å². The van der Waals surface area contributed by atoms with Gasteiger partial charge >= 0.3 is 0 Å². The zero-order valence-electron chi connectivity index (χ0n) is 11.2. The van der Waals surface area contributed by atoms with Crippen LogP contribution in [0.1, 0.15) is 19.3 Å². The Morgan fingerprint density at radius 1 is 1.50 bits per heavy atom. The second kappa shape index (κ2) is 6.33. The number of amides is 1. The van der Waals surface area contributed by atoms with Crippen LogP contribution < -0.4 is 15.4 Å². The quantitative estimate of drug-likeness (QED) is 0.585. The van der Waals surface area contributed by atoms with E-state index in [-0.39, 0.29) is 11.6 Å². The lowest BCUT2D eigenvalue weighted by molar-refractivity contribution is -0.384. The molecule has 0 aliphatic heterocycles. The first-order valence-electron chi connectivity index (χ1n) is 6.46. The Labute approximate surface area is 116 Å². The molecule has 0 saturated heterocycles. The zero-order valence-corrected chi connectivity index (χ0v) is 11.2. The maximum absolute atomic E-state index is 11.8. The molecule has 0 aromatic heterocycles. The summed E-state index contributed by atoms with van der Waals surface area (Å²) in [5.74, 6) is 0.205. The number of anilines is 1. The Kier molecular flexibility index (Phi) is 4.52. The molecular formula is C13H17N3O4. The molecule has 7 nitrogen and oxygen atoms in total. The van der Waals surface area contributed by atoms with E-state index >= 15 is 0 Å². The van der Waals surface area contributed by atoms with E-state index in [9.17, 15) is 14.9 Å². The Bertz CT molecular complexity index is 514. The van der Waals surface area contributed by atoms with Crippen LogP contribution in [0.2, 0.25) is 0 Å². The summed E-state index contributed by atoms with van der Waals surface area (Å²) in [4.78, 5) is 22.0. The lowest BCUT2D eigenvalue weighted by atomic mass is 10.2. The predicted octanol–water partition coefficient (Wildman–Crippen LogP) is 1.68. The highest BCUT2D eigenvalue weighted by Crippen LogP contribution is 2.28. The molecule has 1 aliphatic carbocycles. The van der Waals surface area contributed by atoms with Crippen LogP contribution in [-0.2, 0) is 4.79 Å². The highest BCUT2D eigenvalue weighted by Gasteiger charge is 2.20. The monoisotopic (exact) mass is 279 g/mol. The average Bonchev–Trinajstić information content (AvgIpc) is 3.22. The smallest absolute Gasteiger partial charge is 0.271 e. The molecule has 1 aromatic rings. The van der Waals surface area contributed by atoms with Crippen LogP contribution in [0.15, 0.2) is 18.2 Å². The van der Waals surface area contributed by atoms with Gasteiger partial charge in [-0.1, -0.05) is 0 Å². The molecule has 0 atom stereocenters. The van der Waals surface area contributed by atoms with E-state index in [1.165, 1.54) is 38.2 Å². The molecule has 7 heteroatoms. The minimum Gasteiger partial charge on any atom is -0.495 e. The topological polar surface area (TPSA) is 93.5 Å². The fraction of sp³-hybridized carbons (Fsp3) is 0.462. The summed E-state index contributed by atoms with van der Waals surface area (Å²) in [5, 5.41) is 16.6. The molecule has 20 heavy (non-hydrogen) atoms. The number of non-ortho nitro benzene ring substituents is 1. The van der Waals surface area contributed by atoms with Gasteiger partial charge in [-0.15, -0.1) is 0 Å². The van der Waals surface area contributed by atoms with E-state index in [4.69, 9.17) is 4.74 Å². The van der Waals surface area contributed by atoms with E-state index in [0.29, 0.717) is 30.4 Å². The number of methoxy groups -OCH3 is 1. The second-order valence-electron chi connectivity index (χ2n) is 4.67. The van der Waals surface area contributed by atoms with Gasteiger partial charge in [-0.25, -0.2) is 0 Å². The molecule has 0 spiro atoms. The fourth-order valence-corrected chi connectivity index (χ4v) is 1.80. The Hall–Kier alpha value is -2.15. The van der Waals surface area contributed by atoms with E-state index in [1.807, 2.05) is 0 Å². The van der Waals surface area contributed by atoms with Crippen LogP contribution in [0, 0.1) is 10.1 Å². The third-order valence-electron chi connectivity index (χ3n) is 3.03. The normalized spacial score (nSPS) is 13.8. The summed E-state index contributed by atoms with van der Waals surface area (Å²) in [6, 6.07) is 4.65. The maximum atomic E-state index is 11.8. The maximum Gasteiger partial charge on any atom is 0.271 e. The van der Waals surface area contributed by atoms with Crippen molar-refractivity contribution in [2.45, 2.75) is 25.3 Å². The Morgan fingerprint density at radius 3 is 2.85 bits per heavy atom. The first kappa shape index (κ1) is 14.3. The van der Waals surface area contributed by atoms with Crippen LogP contribution in [0.3, 0.4) is 0 Å². The number of carbonyl (C=O) groups is 1. The molecule has 1 aliphatic rings. The van der Waals surface area contributed by atoms with Gasteiger partial charge in [0.15, 0.2) is 0 Å². The van der Waals surface area contributed by atoms with Crippen LogP contribution in [0.4, 0.5) is 11.4 Å². The van der Waals surface area contributed by atoms with Crippen molar-refractivity contribution < 1.29 is 14.5 Å². The molecular weight excluding hydrogens is 262 g/mol. The number of benzene rings is 1. The number of nitrogens with zero attached hydrogens (tertiary/aromatic N) is 1. The van der Waals surface area contributed by atoms with E-state index < -0.39 is 4.92 Å². The average molecular weight is 279 g/mol. The summed E-state index contributed by atoms with van der Waals surface area (Å²) in [5.41, 5.74) is 0.232. The molecule has 1 fully saturated rings. The van der Waals surface area contributed by atoms with E-state index in [2.05, 4.69) is 10.6 Å². The predicted molar refractivity (Wildman–Crippen MR) is 73.9 cm³/mol. The summed E-state index contributed by atoms with van der Waals surface area (Å²) >= 11 is 0. The van der Waals surface area contributed by atoms with Crippen LogP contribution in [0.5, 0.6) is 5.75 Å². The van der Waals surface area contributed by atoms with Crippen molar-refractivity contribution in [3.05, 3.63) is 28.3 Å². The van der Waals surface area contributed by atoms with Crippen molar-refractivity contribution in [2.75, 3.05) is 19.0 Å². The van der Waals surface area contributed by atoms with Crippen molar-refractivity contribution in [3.8, 4) is 5.75 Å². The number of rotatable bonds is 7. The molecule has 2 N–H and O–H groups in total. The minimum atomic E-state index is -0.510. The lowest BCUT2D eigenvalue weighted by Gasteiger charge is -2.10. The van der Waals surface area contributed by atoms with E-state index in [0.717, 1.165) is 0 Å². The number of hydrogen-bond donors (Lipinski definition) is 2. The molecule has 108 valence electrons. The minimum absolute atomic E-state index is 0.0859. The lowest BCUT2D eigenvalue weighted by Crippen LogP contribution is -2.23. The third kappa shape index (κ3) is 3.92. The van der Waals surface area contributed by atoms with Gasteiger partial charge in [0, 0.05) is 31.1 Å². The van der Waals surface area contributed by atoms with Gasteiger partial charge in [-0.2, -0.15) is 0 Å². The molecule has 0 radical (unpaired) electrons. The summed E-state index contributed by atoms with van der Waals surface area (Å²) in [6.45, 7) is 0.605. The van der Waals surface area contributed by atoms with Gasteiger partial charge in [0.2, 0.25) is 5.91 Å². The molecule has 1 saturated carbocycles. The summed E-state index contributed by atoms with van der Waals surface area (Å²) in [6.07, 6.45) is 2.66. The van der Waals surface area contributed by atoms with Gasteiger partial charge in [0.1, 0.15) is 5.75 Å². The molecule has 2 rings (SSSR count). The fourth-order valence-electron chi connectivity index (χ4n) is 1.80. The van der Waals surface area contributed by atoms with Crippen molar-refractivity contribution in [1.29, 1.82) is 0 Å². The second-order valence-corrected chi connectivity index (χ2v) is 4.67. The largest absolute Gasteiger partial charge is 0.495 e. The standard InChI is InChI=1S/C13H17N3O4/c1-20-12-5-4-10(16(18)19)8-11(12)15-13(17)6-7-14-9-2-3-9/h4-5,8-9,14H,2-3,6-7H2,1H3,(H,15,17). The molecule has 0 bridgehead atoms. The molecule has 0 unspecified atom stereocenters. The van der Waals surface area contributed by atoms with Crippen molar-refractivity contribution in [1.82, 2.24) is 5.32 Å². The Balaban J connectivity index is 1.96. The highest BCUT2D eigenvalue weighted by molar-refractivity contribution is 5.92. The van der Waals surface area contributed by atoms with Gasteiger partial charge in [0.25, 0.3) is 5.69 Å². The van der Waals surface area contributed by atoms with Gasteiger partial charge in [0.05, 0.1) is 17.7 Å². The van der Waals surface area contributed by atoms with Crippen molar-refractivity contribution >= 4 is 17.3 Å². The molecule has 1 amide bonds. The third-order valence-corrected chi connectivity index (χ3v) is 3.03. The number of nitro groups is 1. The first-order valence-corrected chi connectivity index (χ1v) is 6.46. The number of nitro benzene ring substituents is 1. The van der Waals surface area contributed by atoms with Gasteiger partial charge < -0.3 is 15.4 Å². The number of nitrogens with one attached hydrogen (secondary N) is 2. The Morgan fingerprint density at radius 2 is 2.25 bits per heavy atom. The van der Waals surface area contributed by atoms with Gasteiger partial charge in [-0.05, 0) is 18.9 Å². The van der Waals surface area contributed by atoms with E-state index in [1.54, 1.807) is 0 Å².